The van der Waals surface area contributed by atoms with Crippen LogP contribution in [-0.2, 0) is 42.9 Å². The minimum atomic E-state index is -1.04. The van der Waals surface area contributed by atoms with Gasteiger partial charge in [0.1, 0.15) is 17.2 Å². The van der Waals surface area contributed by atoms with Gasteiger partial charge in [0.05, 0.1) is 37.8 Å². The summed E-state index contributed by atoms with van der Waals surface area (Å²) in [6.07, 6.45) is 6.70. The van der Waals surface area contributed by atoms with Gasteiger partial charge in [-0.2, -0.15) is 0 Å². The number of hydrogen-bond acceptors (Lipinski definition) is 10. The Hall–Kier alpha value is -3.19. The van der Waals surface area contributed by atoms with Crippen LogP contribution in [0.2, 0.25) is 0 Å². The second-order valence-corrected chi connectivity index (χ2v) is 14.2. The third kappa shape index (κ3) is 13.4. The van der Waals surface area contributed by atoms with Crippen LogP contribution in [0.4, 0.5) is 4.79 Å². The smallest absolute Gasteiger partial charge is 0.410 e. The van der Waals surface area contributed by atoms with Gasteiger partial charge in [-0.25, -0.2) is 9.59 Å². The van der Waals surface area contributed by atoms with Crippen molar-refractivity contribution < 1.29 is 47.7 Å². The summed E-state index contributed by atoms with van der Waals surface area (Å²) >= 11 is 0. The van der Waals surface area contributed by atoms with Crippen LogP contribution in [0.15, 0.2) is 12.2 Å². The summed E-state index contributed by atoms with van der Waals surface area (Å²) < 4.78 is 27.0. The van der Waals surface area contributed by atoms with Gasteiger partial charge in [0.25, 0.3) is 0 Å². The molecule has 0 radical (unpaired) electrons. The first kappa shape index (κ1) is 40.0. The molecule has 47 heavy (non-hydrogen) atoms. The van der Waals surface area contributed by atoms with Crippen LogP contribution in [-0.4, -0.2) is 105 Å². The van der Waals surface area contributed by atoms with E-state index in [0.29, 0.717) is 38.8 Å². The second kappa shape index (κ2) is 18.4. The number of rotatable bonds is 16. The summed E-state index contributed by atoms with van der Waals surface area (Å²) in [6.45, 7) is 13.2. The lowest BCUT2D eigenvalue weighted by atomic mass is 9.76. The molecule has 1 saturated heterocycles. The number of hydrogen-bond donors (Lipinski definition) is 2. The number of ether oxygens (including phenoxy) is 5. The highest BCUT2D eigenvalue weighted by atomic mass is 16.6. The molecule has 0 spiro atoms. The van der Waals surface area contributed by atoms with Gasteiger partial charge in [0, 0.05) is 20.2 Å². The molecule has 1 aliphatic carbocycles. The molecule has 13 nitrogen and oxygen atoms in total. The van der Waals surface area contributed by atoms with Gasteiger partial charge in [-0.3, -0.25) is 19.3 Å². The zero-order valence-corrected chi connectivity index (χ0v) is 29.6. The Kier molecular flexibility index (Phi) is 15.6. The highest BCUT2D eigenvalue weighted by molar-refractivity contribution is 5.89. The topological polar surface area (TPSA) is 159 Å². The Labute approximate surface area is 279 Å². The minimum absolute atomic E-state index is 0.0837. The third-order valence-corrected chi connectivity index (χ3v) is 7.93. The summed E-state index contributed by atoms with van der Waals surface area (Å²) in [5.41, 5.74) is -2.49. The van der Waals surface area contributed by atoms with E-state index < -0.39 is 58.6 Å². The minimum Gasteiger partial charge on any atom is -0.464 e. The standard InChI is InChI=1S/C34H57N3O10/c1-9-45-29(40)25(23-44-20-13-12-19-43-8)36-30(41)34(16-10-11-17-34)21-24(28(39)46-32(2,3)4)22-35-27(38)26-15-14-18-37(26)31(42)47-33(5,6)7/h12-13,24-26H,9-11,14-23H2,1-8H3,(H,35,38)(H,36,41)/t24-,25-,26-/m0/s1. The molecule has 2 N–H and O–H groups in total. The van der Waals surface area contributed by atoms with E-state index in [1.54, 1.807) is 67.7 Å². The maximum atomic E-state index is 14.0. The zero-order valence-electron chi connectivity index (χ0n) is 29.6. The fraction of sp³-hybridized carbons (Fsp3) is 0.794. The first-order valence-corrected chi connectivity index (χ1v) is 16.7. The van der Waals surface area contributed by atoms with E-state index in [1.807, 2.05) is 0 Å². The molecule has 0 bridgehead atoms. The van der Waals surface area contributed by atoms with Crippen molar-refractivity contribution in [1.82, 2.24) is 15.5 Å². The summed E-state index contributed by atoms with van der Waals surface area (Å²) in [4.78, 5) is 67.9. The van der Waals surface area contributed by atoms with Crippen molar-refractivity contribution in [2.24, 2.45) is 11.3 Å². The quantitative estimate of drug-likeness (QED) is 0.108. The van der Waals surface area contributed by atoms with Gasteiger partial charge < -0.3 is 34.3 Å². The first-order valence-electron chi connectivity index (χ1n) is 16.7. The molecule has 1 heterocycles. The average Bonchev–Trinajstić information content (AvgIpc) is 3.65. The van der Waals surface area contributed by atoms with Gasteiger partial charge in [0.2, 0.25) is 11.8 Å². The van der Waals surface area contributed by atoms with Crippen molar-refractivity contribution >= 4 is 29.8 Å². The molecule has 3 atom stereocenters. The lowest BCUT2D eigenvalue weighted by molar-refractivity contribution is -0.162. The second-order valence-electron chi connectivity index (χ2n) is 14.2. The number of carbonyl (C=O) groups is 5. The molecular formula is C34H57N3O10. The molecule has 13 heteroatoms. The van der Waals surface area contributed by atoms with Gasteiger partial charge in [-0.05, 0) is 80.6 Å². The Balaban J connectivity index is 2.22. The lowest BCUT2D eigenvalue weighted by Gasteiger charge is -2.34. The Morgan fingerprint density at radius 1 is 0.915 bits per heavy atom. The van der Waals surface area contributed by atoms with Gasteiger partial charge >= 0.3 is 18.0 Å². The molecule has 0 aromatic heterocycles. The predicted molar refractivity (Wildman–Crippen MR) is 174 cm³/mol. The molecule has 2 fully saturated rings. The van der Waals surface area contributed by atoms with Gasteiger partial charge in [-0.15, -0.1) is 0 Å². The Morgan fingerprint density at radius 2 is 1.55 bits per heavy atom. The molecule has 0 aromatic carbocycles. The molecule has 0 aromatic rings. The molecular weight excluding hydrogens is 610 g/mol. The van der Waals surface area contributed by atoms with E-state index in [1.165, 1.54) is 4.90 Å². The van der Waals surface area contributed by atoms with Crippen molar-refractivity contribution in [2.45, 2.75) is 117 Å². The third-order valence-electron chi connectivity index (χ3n) is 7.93. The van der Waals surface area contributed by atoms with Gasteiger partial charge in [0.15, 0.2) is 6.04 Å². The number of methoxy groups -OCH3 is 1. The van der Waals surface area contributed by atoms with Crippen LogP contribution in [0.3, 0.4) is 0 Å². The molecule has 2 aliphatic rings. The van der Waals surface area contributed by atoms with Gasteiger partial charge in [-0.1, -0.05) is 25.0 Å². The number of amides is 3. The van der Waals surface area contributed by atoms with Crippen molar-refractivity contribution in [3.05, 3.63) is 12.2 Å². The maximum absolute atomic E-state index is 14.0. The molecule has 268 valence electrons. The largest absolute Gasteiger partial charge is 0.464 e. The lowest BCUT2D eigenvalue weighted by Crippen LogP contribution is -2.52. The van der Waals surface area contributed by atoms with E-state index in [2.05, 4.69) is 10.6 Å². The van der Waals surface area contributed by atoms with E-state index >= 15 is 0 Å². The molecule has 2 rings (SSSR count). The fourth-order valence-electron chi connectivity index (χ4n) is 5.80. The Morgan fingerprint density at radius 3 is 2.15 bits per heavy atom. The molecule has 1 aliphatic heterocycles. The number of nitrogens with zero attached hydrogens (tertiary/aromatic N) is 1. The first-order chi connectivity index (χ1) is 22.0. The van der Waals surface area contributed by atoms with Crippen molar-refractivity contribution in [3.63, 3.8) is 0 Å². The highest BCUT2D eigenvalue weighted by Gasteiger charge is 2.46. The molecule has 0 unspecified atom stereocenters. The van der Waals surface area contributed by atoms with Crippen LogP contribution < -0.4 is 10.6 Å². The van der Waals surface area contributed by atoms with Crippen molar-refractivity contribution in [2.75, 3.05) is 46.6 Å². The Bertz CT molecular complexity index is 1090. The van der Waals surface area contributed by atoms with E-state index in [4.69, 9.17) is 23.7 Å². The molecule has 3 amide bonds. The monoisotopic (exact) mass is 667 g/mol. The van der Waals surface area contributed by atoms with E-state index in [0.717, 1.165) is 12.8 Å². The SMILES string of the molecule is CCOC(=O)[C@H](COCC=CCOC)NC(=O)C1(C[C@@H](CNC(=O)[C@@H]2CCCN2C(=O)OC(C)(C)C)C(=O)OC(C)(C)C)CCCC1. The summed E-state index contributed by atoms with van der Waals surface area (Å²) in [5, 5.41) is 5.70. The highest BCUT2D eigenvalue weighted by Crippen LogP contribution is 2.44. The maximum Gasteiger partial charge on any atom is 0.410 e. The van der Waals surface area contributed by atoms with Crippen molar-refractivity contribution in [1.29, 1.82) is 0 Å². The normalized spacial score (nSPS) is 19.2. The number of likely N-dealkylation sites (tertiary alicyclic amines) is 1. The summed E-state index contributed by atoms with van der Waals surface area (Å²) in [7, 11) is 1.58. The van der Waals surface area contributed by atoms with E-state index in [-0.39, 0.29) is 38.7 Å². The molecule has 1 saturated carbocycles. The van der Waals surface area contributed by atoms with Crippen LogP contribution in [0.5, 0.6) is 0 Å². The summed E-state index contributed by atoms with van der Waals surface area (Å²) in [6, 6.07) is -1.78. The predicted octanol–water partition coefficient (Wildman–Crippen LogP) is 3.68. The summed E-state index contributed by atoms with van der Waals surface area (Å²) in [5.74, 6) is -2.79. The van der Waals surface area contributed by atoms with Crippen molar-refractivity contribution in [3.8, 4) is 0 Å². The number of carbonyl (C=O) groups excluding carboxylic acids is 5. The fourth-order valence-corrected chi connectivity index (χ4v) is 5.80. The van der Waals surface area contributed by atoms with E-state index in [9.17, 15) is 24.0 Å². The average molecular weight is 668 g/mol. The van der Waals surface area contributed by atoms with Crippen LogP contribution >= 0.6 is 0 Å². The van der Waals surface area contributed by atoms with Crippen LogP contribution in [0.1, 0.15) is 93.4 Å². The van der Waals surface area contributed by atoms with Crippen LogP contribution in [0.25, 0.3) is 0 Å². The zero-order chi connectivity index (χ0) is 35.3. The number of nitrogens with one attached hydrogen (secondary N) is 2. The number of esters is 2. The van der Waals surface area contributed by atoms with Crippen LogP contribution in [0, 0.1) is 11.3 Å².